The number of nitrogens with zero attached hydrogens (tertiary/aromatic N) is 1. The lowest BCUT2D eigenvalue weighted by molar-refractivity contribution is 0.0320. The van der Waals surface area contributed by atoms with Crippen LogP contribution in [-0.2, 0) is 4.74 Å². The van der Waals surface area contributed by atoms with E-state index in [0.717, 1.165) is 6.42 Å². The van der Waals surface area contributed by atoms with Crippen LogP contribution in [0.3, 0.4) is 0 Å². The fourth-order valence-electron chi connectivity index (χ4n) is 1.37. The van der Waals surface area contributed by atoms with Crippen LogP contribution in [0.15, 0.2) is 12.3 Å². The van der Waals surface area contributed by atoms with Crippen molar-refractivity contribution in [1.82, 2.24) is 4.90 Å². The third kappa shape index (κ3) is 3.91. The standard InChI is InChI=1S/C11H20N2O2/c1-11(2,3)15-10(14)13-6-4-9(8-12)5-7-13/h4,6,9H,5,7-8,12H2,1-3H3. The van der Waals surface area contributed by atoms with E-state index in [-0.39, 0.29) is 6.09 Å². The van der Waals surface area contributed by atoms with Gasteiger partial charge in [-0.05, 0) is 39.7 Å². The highest BCUT2D eigenvalue weighted by Gasteiger charge is 2.23. The van der Waals surface area contributed by atoms with Crippen molar-refractivity contribution in [3.05, 3.63) is 12.3 Å². The van der Waals surface area contributed by atoms with Gasteiger partial charge in [0.1, 0.15) is 5.60 Å². The molecule has 1 aliphatic rings. The van der Waals surface area contributed by atoms with Gasteiger partial charge < -0.3 is 10.5 Å². The number of ether oxygens (including phenoxy) is 1. The molecule has 0 radical (unpaired) electrons. The van der Waals surface area contributed by atoms with Gasteiger partial charge >= 0.3 is 6.09 Å². The number of hydrogen-bond acceptors (Lipinski definition) is 3. The molecule has 0 saturated heterocycles. The molecule has 0 aliphatic carbocycles. The van der Waals surface area contributed by atoms with Crippen LogP contribution < -0.4 is 5.73 Å². The minimum Gasteiger partial charge on any atom is -0.443 e. The first-order valence-corrected chi connectivity index (χ1v) is 5.30. The van der Waals surface area contributed by atoms with Crippen LogP contribution in [-0.4, -0.2) is 29.7 Å². The molecule has 0 fully saturated rings. The molecule has 1 rings (SSSR count). The first kappa shape index (κ1) is 12.0. The summed E-state index contributed by atoms with van der Waals surface area (Å²) in [5.74, 6) is 0.392. The summed E-state index contributed by atoms with van der Waals surface area (Å²) in [5, 5.41) is 0. The van der Waals surface area contributed by atoms with Gasteiger partial charge in [0.15, 0.2) is 0 Å². The summed E-state index contributed by atoms with van der Waals surface area (Å²) < 4.78 is 5.25. The van der Waals surface area contributed by atoms with Crippen LogP contribution in [0.4, 0.5) is 4.79 Å². The monoisotopic (exact) mass is 212 g/mol. The maximum atomic E-state index is 11.6. The van der Waals surface area contributed by atoms with Crippen LogP contribution in [0.2, 0.25) is 0 Å². The average Bonchev–Trinajstić information content (AvgIpc) is 2.15. The first-order valence-electron chi connectivity index (χ1n) is 5.30. The molecule has 0 aromatic heterocycles. The van der Waals surface area contributed by atoms with Crippen LogP contribution in [0, 0.1) is 5.92 Å². The van der Waals surface area contributed by atoms with Gasteiger partial charge in [0.25, 0.3) is 0 Å². The highest BCUT2D eigenvalue weighted by Crippen LogP contribution is 2.16. The molecule has 4 heteroatoms. The third-order valence-corrected chi connectivity index (χ3v) is 2.21. The van der Waals surface area contributed by atoms with E-state index < -0.39 is 5.60 Å². The SMILES string of the molecule is CC(C)(C)OC(=O)N1C=CC(CN)CC1. The Labute approximate surface area is 91.1 Å². The third-order valence-electron chi connectivity index (χ3n) is 2.21. The number of hydrogen-bond donors (Lipinski definition) is 1. The van der Waals surface area contributed by atoms with Crippen molar-refractivity contribution in [1.29, 1.82) is 0 Å². The fraction of sp³-hybridized carbons (Fsp3) is 0.727. The zero-order valence-corrected chi connectivity index (χ0v) is 9.69. The molecule has 1 aliphatic heterocycles. The van der Waals surface area contributed by atoms with Crippen molar-refractivity contribution in [3.8, 4) is 0 Å². The lowest BCUT2D eigenvalue weighted by Crippen LogP contribution is -2.37. The summed E-state index contributed by atoms with van der Waals surface area (Å²) in [7, 11) is 0. The number of carbonyl (C=O) groups excluding carboxylic acids is 1. The lowest BCUT2D eigenvalue weighted by Gasteiger charge is -2.28. The molecule has 2 N–H and O–H groups in total. The van der Waals surface area contributed by atoms with Gasteiger partial charge in [-0.25, -0.2) is 4.79 Å². The molecule has 4 nitrogen and oxygen atoms in total. The molecule has 1 amide bonds. The largest absolute Gasteiger partial charge is 0.443 e. The molecule has 0 saturated carbocycles. The van der Waals surface area contributed by atoms with E-state index in [1.54, 1.807) is 11.1 Å². The molecule has 1 atom stereocenters. The van der Waals surface area contributed by atoms with E-state index in [0.29, 0.717) is 19.0 Å². The van der Waals surface area contributed by atoms with Gasteiger partial charge in [0.2, 0.25) is 0 Å². The van der Waals surface area contributed by atoms with Gasteiger partial charge in [-0.15, -0.1) is 0 Å². The normalized spacial score (nSPS) is 21.6. The second kappa shape index (κ2) is 4.66. The van der Waals surface area contributed by atoms with Gasteiger partial charge in [-0.1, -0.05) is 6.08 Å². The number of rotatable bonds is 1. The Balaban J connectivity index is 2.49. The summed E-state index contributed by atoms with van der Waals surface area (Å²) in [6, 6.07) is 0. The minimum atomic E-state index is -0.435. The number of carbonyl (C=O) groups is 1. The Bertz CT molecular complexity index is 256. The predicted molar refractivity (Wildman–Crippen MR) is 59.2 cm³/mol. The molecule has 1 unspecified atom stereocenters. The molecular formula is C11H20N2O2. The van der Waals surface area contributed by atoms with Crippen LogP contribution in [0.5, 0.6) is 0 Å². The Kier molecular flexibility index (Phi) is 3.74. The van der Waals surface area contributed by atoms with E-state index in [1.165, 1.54) is 0 Å². The zero-order chi connectivity index (χ0) is 11.5. The molecule has 0 spiro atoms. The van der Waals surface area contributed by atoms with Gasteiger partial charge in [-0.2, -0.15) is 0 Å². The molecule has 0 aromatic carbocycles. The highest BCUT2D eigenvalue weighted by atomic mass is 16.6. The predicted octanol–water partition coefficient (Wildman–Crippen LogP) is 1.72. The van der Waals surface area contributed by atoms with Gasteiger partial charge in [0.05, 0.1) is 0 Å². The Morgan fingerprint density at radius 1 is 1.60 bits per heavy atom. The van der Waals surface area contributed by atoms with Crippen LogP contribution >= 0.6 is 0 Å². The second-order valence-electron chi connectivity index (χ2n) is 4.80. The highest BCUT2D eigenvalue weighted by molar-refractivity contribution is 5.69. The van der Waals surface area contributed by atoms with Crippen LogP contribution in [0.1, 0.15) is 27.2 Å². The smallest absolute Gasteiger partial charge is 0.414 e. The molecule has 15 heavy (non-hydrogen) atoms. The Morgan fingerprint density at radius 3 is 2.67 bits per heavy atom. The summed E-state index contributed by atoms with van der Waals surface area (Å²) >= 11 is 0. The first-order chi connectivity index (χ1) is 6.92. The quantitative estimate of drug-likeness (QED) is 0.720. The van der Waals surface area contributed by atoms with Crippen molar-refractivity contribution in [2.45, 2.75) is 32.8 Å². The van der Waals surface area contributed by atoms with E-state index in [9.17, 15) is 4.79 Å². The summed E-state index contributed by atoms with van der Waals surface area (Å²) in [4.78, 5) is 13.2. The summed E-state index contributed by atoms with van der Waals surface area (Å²) in [5.41, 5.74) is 5.11. The van der Waals surface area contributed by atoms with Crippen molar-refractivity contribution in [2.24, 2.45) is 11.7 Å². The van der Waals surface area contributed by atoms with Gasteiger partial charge in [0, 0.05) is 12.7 Å². The van der Waals surface area contributed by atoms with Crippen molar-refractivity contribution >= 4 is 6.09 Å². The lowest BCUT2D eigenvalue weighted by atomic mass is 10.0. The van der Waals surface area contributed by atoms with Crippen molar-refractivity contribution in [2.75, 3.05) is 13.1 Å². The summed E-state index contributed by atoms with van der Waals surface area (Å²) in [6.45, 7) is 6.91. The maximum absolute atomic E-state index is 11.6. The van der Waals surface area contributed by atoms with E-state index >= 15 is 0 Å². The zero-order valence-electron chi connectivity index (χ0n) is 9.69. The second-order valence-corrected chi connectivity index (χ2v) is 4.80. The minimum absolute atomic E-state index is 0.283. The Morgan fingerprint density at radius 2 is 2.27 bits per heavy atom. The molecule has 1 heterocycles. The fourth-order valence-corrected chi connectivity index (χ4v) is 1.37. The molecule has 0 bridgehead atoms. The maximum Gasteiger partial charge on any atom is 0.414 e. The average molecular weight is 212 g/mol. The van der Waals surface area contributed by atoms with Gasteiger partial charge in [-0.3, -0.25) is 4.90 Å². The van der Waals surface area contributed by atoms with Crippen molar-refractivity contribution < 1.29 is 9.53 Å². The van der Waals surface area contributed by atoms with Crippen LogP contribution in [0.25, 0.3) is 0 Å². The Hall–Kier alpha value is -1.03. The van der Waals surface area contributed by atoms with E-state index in [1.807, 2.05) is 26.8 Å². The number of nitrogens with two attached hydrogens (primary N) is 1. The van der Waals surface area contributed by atoms with Crippen molar-refractivity contribution in [3.63, 3.8) is 0 Å². The van der Waals surface area contributed by atoms with E-state index in [4.69, 9.17) is 10.5 Å². The summed E-state index contributed by atoms with van der Waals surface area (Å²) in [6.07, 6.45) is 4.36. The molecule has 0 aromatic rings. The van der Waals surface area contributed by atoms with E-state index in [2.05, 4.69) is 0 Å². The molecular weight excluding hydrogens is 192 g/mol. The molecule has 86 valence electrons. The number of amides is 1. The topological polar surface area (TPSA) is 55.6 Å².